The number of pyridine rings is 1. The molecule has 0 radical (unpaired) electrons. The Balaban J connectivity index is 1.88. The van der Waals surface area contributed by atoms with E-state index in [2.05, 4.69) is 21.9 Å². The molecule has 4 heteroatoms. The van der Waals surface area contributed by atoms with Crippen LogP contribution in [0, 0.1) is 6.92 Å². The molecule has 3 N–H and O–H groups in total. The largest absolute Gasteiger partial charge is 0.340 e. The number of imidazole rings is 1. The SMILES string of the molecule is Cc1ccnc2nc(CC3(N)CCCCC3)[nH]c12. The van der Waals surface area contributed by atoms with Crippen molar-refractivity contribution in [2.24, 2.45) is 5.73 Å². The molecule has 0 bridgehead atoms. The van der Waals surface area contributed by atoms with Crippen molar-refractivity contribution in [3.8, 4) is 0 Å². The summed E-state index contributed by atoms with van der Waals surface area (Å²) in [7, 11) is 0. The number of aryl methyl sites for hydroxylation is 1. The lowest BCUT2D eigenvalue weighted by Gasteiger charge is -2.32. The minimum atomic E-state index is -0.0694. The van der Waals surface area contributed by atoms with Crippen molar-refractivity contribution in [2.75, 3.05) is 0 Å². The zero-order valence-corrected chi connectivity index (χ0v) is 10.9. The summed E-state index contributed by atoms with van der Waals surface area (Å²) in [6.45, 7) is 2.07. The van der Waals surface area contributed by atoms with Gasteiger partial charge in [0.25, 0.3) is 0 Å². The molecule has 1 fully saturated rings. The Kier molecular flexibility index (Phi) is 2.82. The van der Waals surface area contributed by atoms with Crippen LogP contribution in [0.3, 0.4) is 0 Å². The molecule has 18 heavy (non-hydrogen) atoms. The number of hydrogen-bond acceptors (Lipinski definition) is 3. The molecule has 4 nitrogen and oxygen atoms in total. The first kappa shape index (κ1) is 11.7. The van der Waals surface area contributed by atoms with Crippen LogP contribution in [0.25, 0.3) is 11.2 Å². The average Bonchev–Trinajstić information content (AvgIpc) is 2.73. The number of fused-ring (bicyclic) bond motifs is 1. The molecule has 0 aromatic carbocycles. The van der Waals surface area contributed by atoms with E-state index < -0.39 is 0 Å². The smallest absolute Gasteiger partial charge is 0.177 e. The van der Waals surface area contributed by atoms with Crippen molar-refractivity contribution in [2.45, 2.75) is 51.0 Å². The van der Waals surface area contributed by atoms with Gasteiger partial charge in [-0.1, -0.05) is 19.3 Å². The topological polar surface area (TPSA) is 67.6 Å². The van der Waals surface area contributed by atoms with Crippen molar-refractivity contribution in [1.29, 1.82) is 0 Å². The monoisotopic (exact) mass is 244 g/mol. The van der Waals surface area contributed by atoms with E-state index in [1.54, 1.807) is 6.20 Å². The minimum Gasteiger partial charge on any atom is -0.340 e. The number of rotatable bonds is 2. The van der Waals surface area contributed by atoms with Gasteiger partial charge >= 0.3 is 0 Å². The van der Waals surface area contributed by atoms with E-state index in [-0.39, 0.29) is 5.54 Å². The van der Waals surface area contributed by atoms with E-state index in [0.29, 0.717) is 0 Å². The molecule has 0 unspecified atom stereocenters. The lowest BCUT2D eigenvalue weighted by molar-refractivity contribution is 0.290. The summed E-state index contributed by atoms with van der Waals surface area (Å²) in [4.78, 5) is 12.2. The molecule has 0 amide bonds. The second-order valence-electron chi connectivity index (χ2n) is 5.61. The number of nitrogens with one attached hydrogen (secondary N) is 1. The van der Waals surface area contributed by atoms with E-state index in [1.165, 1.54) is 24.8 Å². The van der Waals surface area contributed by atoms with Gasteiger partial charge in [-0.3, -0.25) is 0 Å². The molecule has 0 atom stereocenters. The Morgan fingerprint density at radius 1 is 1.33 bits per heavy atom. The van der Waals surface area contributed by atoms with E-state index in [4.69, 9.17) is 5.73 Å². The zero-order chi connectivity index (χ0) is 12.6. The third-order valence-electron chi connectivity index (χ3n) is 4.02. The molecule has 0 aliphatic heterocycles. The van der Waals surface area contributed by atoms with Gasteiger partial charge in [0, 0.05) is 18.2 Å². The van der Waals surface area contributed by atoms with Crippen LogP contribution in [0.1, 0.15) is 43.5 Å². The number of aromatic nitrogens is 3. The summed E-state index contributed by atoms with van der Waals surface area (Å²) >= 11 is 0. The Bertz CT molecular complexity index is 552. The number of nitrogens with zero attached hydrogens (tertiary/aromatic N) is 2. The van der Waals surface area contributed by atoms with Gasteiger partial charge in [0.05, 0.1) is 5.52 Å². The predicted molar refractivity (Wildman–Crippen MR) is 72.3 cm³/mol. The first-order valence-corrected chi connectivity index (χ1v) is 6.75. The highest BCUT2D eigenvalue weighted by molar-refractivity contribution is 5.74. The first-order valence-electron chi connectivity index (χ1n) is 6.75. The van der Waals surface area contributed by atoms with Crippen LogP contribution < -0.4 is 5.73 Å². The molecule has 96 valence electrons. The van der Waals surface area contributed by atoms with Gasteiger partial charge in [0.2, 0.25) is 0 Å². The van der Waals surface area contributed by atoms with Crippen LogP contribution >= 0.6 is 0 Å². The molecule has 3 rings (SSSR count). The second-order valence-corrected chi connectivity index (χ2v) is 5.61. The van der Waals surface area contributed by atoms with Crippen LogP contribution in [0.5, 0.6) is 0 Å². The average molecular weight is 244 g/mol. The summed E-state index contributed by atoms with van der Waals surface area (Å²) < 4.78 is 0. The summed E-state index contributed by atoms with van der Waals surface area (Å²) in [6, 6.07) is 2.00. The van der Waals surface area contributed by atoms with Gasteiger partial charge in [-0.05, 0) is 31.4 Å². The standard InChI is InChI=1S/C14H20N4/c1-10-5-8-16-13-12(10)17-11(18-13)9-14(15)6-3-2-4-7-14/h5,8H,2-4,6-7,9,15H2,1H3,(H,16,17,18). The van der Waals surface area contributed by atoms with Crippen LogP contribution in [0.4, 0.5) is 0 Å². The molecule has 2 aromatic heterocycles. The highest BCUT2D eigenvalue weighted by Crippen LogP contribution is 2.29. The maximum absolute atomic E-state index is 6.47. The van der Waals surface area contributed by atoms with Gasteiger partial charge in [-0.15, -0.1) is 0 Å². The Morgan fingerprint density at radius 3 is 2.83 bits per heavy atom. The van der Waals surface area contributed by atoms with E-state index in [0.717, 1.165) is 36.3 Å². The van der Waals surface area contributed by atoms with Gasteiger partial charge < -0.3 is 10.7 Å². The van der Waals surface area contributed by atoms with E-state index in [1.807, 2.05) is 6.07 Å². The van der Waals surface area contributed by atoms with Crippen LogP contribution in [0.2, 0.25) is 0 Å². The Hall–Kier alpha value is -1.42. The zero-order valence-electron chi connectivity index (χ0n) is 10.9. The summed E-state index contributed by atoms with van der Waals surface area (Å²) in [5.41, 5.74) is 9.45. The van der Waals surface area contributed by atoms with E-state index in [9.17, 15) is 0 Å². The molecule has 2 aromatic rings. The lowest BCUT2D eigenvalue weighted by atomic mass is 9.80. The second kappa shape index (κ2) is 4.35. The normalized spacial score (nSPS) is 19.2. The van der Waals surface area contributed by atoms with E-state index >= 15 is 0 Å². The number of nitrogens with two attached hydrogens (primary N) is 1. The lowest BCUT2D eigenvalue weighted by Crippen LogP contribution is -2.44. The maximum Gasteiger partial charge on any atom is 0.177 e. The number of hydrogen-bond donors (Lipinski definition) is 2. The molecule has 2 heterocycles. The molecule has 0 saturated heterocycles. The third-order valence-corrected chi connectivity index (χ3v) is 4.02. The van der Waals surface area contributed by atoms with Crippen LogP contribution in [-0.4, -0.2) is 20.5 Å². The Labute approximate surface area is 107 Å². The minimum absolute atomic E-state index is 0.0694. The number of aromatic amines is 1. The molecular formula is C14H20N4. The molecule has 1 aliphatic carbocycles. The van der Waals surface area contributed by atoms with Crippen LogP contribution in [0.15, 0.2) is 12.3 Å². The quantitative estimate of drug-likeness (QED) is 0.852. The summed E-state index contributed by atoms with van der Waals surface area (Å²) in [5, 5.41) is 0. The van der Waals surface area contributed by atoms with Crippen molar-refractivity contribution >= 4 is 11.2 Å². The fourth-order valence-corrected chi connectivity index (χ4v) is 2.93. The fourth-order valence-electron chi connectivity index (χ4n) is 2.93. The van der Waals surface area contributed by atoms with Crippen molar-refractivity contribution in [1.82, 2.24) is 15.0 Å². The summed E-state index contributed by atoms with van der Waals surface area (Å²) in [6.07, 6.45) is 8.67. The fraction of sp³-hybridized carbons (Fsp3) is 0.571. The molecule has 1 aliphatic rings. The highest BCUT2D eigenvalue weighted by atomic mass is 15.0. The predicted octanol–water partition coefficient (Wildman–Crippen LogP) is 2.47. The summed E-state index contributed by atoms with van der Waals surface area (Å²) in [5.74, 6) is 0.983. The van der Waals surface area contributed by atoms with Gasteiger partial charge in [-0.2, -0.15) is 0 Å². The third kappa shape index (κ3) is 2.12. The first-order chi connectivity index (χ1) is 8.66. The van der Waals surface area contributed by atoms with Gasteiger partial charge in [-0.25, -0.2) is 9.97 Å². The van der Waals surface area contributed by atoms with Crippen molar-refractivity contribution in [3.63, 3.8) is 0 Å². The number of H-pyrrole nitrogens is 1. The van der Waals surface area contributed by atoms with Crippen LogP contribution in [-0.2, 0) is 6.42 Å². The van der Waals surface area contributed by atoms with Crippen molar-refractivity contribution < 1.29 is 0 Å². The highest BCUT2D eigenvalue weighted by Gasteiger charge is 2.28. The maximum atomic E-state index is 6.47. The molecule has 0 spiro atoms. The van der Waals surface area contributed by atoms with Gasteiger partial charge in [0.1, 0.15) is 5.82 Å². The molecule has 1 saturated carbocycles. The van der Waals surface area contributed by atoms with Crippen molar-refractivity contribution in [3.05, 3.63) is 23.7 Å². The molecular weight excluding hydrogens is 224 g/mol. The Morgan fingerprint density at radius 2 is 2.11 bits per heavy atom. The van der Waals surface area contributed by atoms with Gasteiger partial charge in [0.15, 0.2) is 5.65 Å².